The molecule has 1 aromatic rings. The summed E-state index contributed by atoms with van der Waals surface area (Å²) >= 11 is 0. The Hall–Kier alpha value is -2.90. The number of ether oxygens (including phenoxy) is 1. The second kappa shape index (κ2) is 6.47. The fourth-order valence-electron chi connectivity index (χ4n) is 2.37. The molecule has 0 spiro atoms. The first kappa shape index (κ1) is 16.5. The Balaban J connectivity index is 2.54. The third-order valence-electron chi connectivity index (χ3n) is 3.28. The van der Waals surface area contributed by atoms with E-state index in [0.29, 0.717) is 5.70 Å². The van der Waals surface area contributed by atoms with Crippen LogP contribution in [0.15, 0.2) is 35.5 Å². The van der Waals surface area contributed by atoms with Crippen LogP contribution in [0.4, 0.5) is 10.5 Å². The summed E-state index contributed by atoms with van der Waals surface area (Å²) < 4.78 is 5.19. The van der Waals surface area contributed by atoms with Gasteiger partial charge >= 0.3 is 12.0 Å². The van der Waals surface area contributed by atoms with Crippen molar-refractivity contribution >= 4 is 17.7 Å². The fourth-order valence-corrected chi connectivity index (χ4v) is 2.37. The Morgan fingerprint density at radius 3 is 2.61 bits per heavy atom. The maximum absolute atomic E-state index is 12.3. The number of carbonyl (C=O) groups excluding carboxylic acids is 2. The molecule has 1 aromatic carbocycles. The third kappa shape index (κ3) is 3.47. The van der Waals surface area contributed by atoms with Crippen LogP contribution >= 0.6 is 0 Å². The number of urea groups is 1. The summed E-state index contributed by atoms with van der Waals surface area (Å²) in [6.07, 6.45) is -0.355. The molecule has 2 N–H and O–H groups in total. The lowest BCUT2D eigenvalue weighted by Crippen LogP contribution is -2.45. The normalized spacial score (nSPS) is 17.6. The molecular formula is C15H17N3O5. The number of para-hydroxylation sites is 1. The molecule has 0 saturated carbocycles. The third-order valence-corrected chi connectivity index (χ3v) is 3.28. The number of nitrogens with one attached hydrogen (secondary N) is 2. The highest BCUT2D eigenvalue weighted by atomic mass is 16.6. The molecule has 0 saturated heterocycles. The van der Waals surface area contributed by atoms with E-state index in [4.69, 9.17) is 4.74 Å². The molecule has 0 unspecified atom stereocenters. The summed E-state index contributed by atoms with van der Waals surface area (Å²) in [5.74, 6) is -0.631. The average molecular weight is 319 g/mol. The Morgan fingerprint density at radius 2 is 2.00 bits per heavy atom. The largest absolute Gasteiger partial charge is 0.459 e. The Kier molecular flexibility index (Phi) is 4.63. The molecule has 8 nitrogen and oxygen atoms in total. The van der Waals surface area contributed by atoms with Gasteiger partial charge in [0.05, 0.1) is 28.2 Å². The van der Waals surface area contributed by atoms with E-state index in [1.54, 1.807) is 26.8 Å². The minimum Gasteiger partial charge on any atom is -0.459 e. The van der Waals surface area contributed by atoms with Crippen LogP contribution in [-0.4, -0.2) is 23.0 Å². The zero-order chi connectivity index (χ0) is 17.1. The molecule has 1 heterocycles. The molecule has 2 rings (SSSR count). The van der Waals surface area contributed by atoms with Crippen molar-refractivity contribution in [2.75, 3.05) is 0 Å². The zero-order valence-electron chi connectivity index (χ0n) is 13.0. The van der Waals surface area contributed by atoms with Gasteiger partial charge in [-0.1, -0.05) is 12.1 Å². The maximum Gasteiger partial charge on any atom is 0.338 e. The number of nitro groups is 1. The smallest absolute Gasteiger partial charge is 0.338 e. The summed E-state index contributed by atoms with van der Waals surface area (Å²) in [7, 11) is 0. The summed E-state index contributed by atoms with van der Waals surface area (Å²) in [6.45, 7) is 4.95. The van der Waals surface area contributed by atoms with Crippen molar-refractivity contribution in [3.63, 3.8) is 0 Å². The van der Waals surface area contributed by atoms with Crippen molar-refractivity contribution in [1.82, 2.24) is 10.6 Å². The van der Waals surface area contributed by atoms with E-state index in [2.05, 4.69) is 10.6 Å². The van der Waals surface area contributed by atoms with Crippen molar-refractivity contribution < 1.29 is 19.2 Å². The zero-order valence-corrected chi connectivity index (χ0v) is 13.0. The minimum absolute atomic E-state index is 0.146. The molecule has 1 aliphatic rings. The molecule has 0 bridgehead atoms. The van der Waals surface area contributed by atoms with Gasteiger partial charge in [-0.25, -0.2) is 9.59 Å². The Labute approximate surface area is 132 Å². The predicted octanol–water partition coefficient (Wildman–Crippen LogP) is 2.17. The van der Waals surface area contributed by atoms with Gasteiger partial charge < -0.3 is 15.4 Å². The van der Waals surface area contributed by atoms with E-state index in [9.17, 15) is 19.7 Å². The molecule has 0 radical (unpaired) electrons. The molecule has 2 amide bonds. The van der Waals surface area contributed by atoms with Crippen molar-refractivity contribution in [1.29, 1.82) is 0 Å². The molecular weight excluding hydrogens is 302 g/mol. The molecule has 0 aromatic heterocycles. The predicted molar refractivity (Wildman–Crippen MR) is 81.4 cm³/mol. The highest BCUT2D eigenvalue weighted by Crippen LogP contribution is 2.33. The SMILES string of the molecule is CC1=C(C(=O)OC(C)C)[C@@H](c2ccccc2[N+](=O)[O-])NC(=O)N1. The summed E-state index contributed by atoms with van der Waals surface area (Å²) in [4.78, 5) is 34.8. The monoisotopic (exact) mass is 319 g/mol. The molecule has 1 aliphatic heterocycles. The van der Waals surface area contributed by atoms with Crippen LogP contribution in [0, 0.1) is 10.1 Å². The van der Waals surface area contributed by atoms with Gasteiger partial charge in [-0.2, -0.15) is 0 Å². The molecule has 122 valence electrons. The number of nitro benzene ring substituents is 1. The maximum atomic E-state index is 12.3. The van der Waals surface area contributed by atoms with Crippen molar-refractivity contribution in [3.05, 3.63) is 51.2 Å². The van der Waals surface area contributed by atoms with E-state index < -0.39 is 23.0 Å². The number of benzene rings is 1. The van der Waals surface area contributed by atoms with Gasteiger partial charge in [-0.05, 0) is 26.8 Å². The van der Waals surface area contributed by atoms with Gasteiger partial charge in [0.1, 0.15) is 0 Å². The van der Waals surface area contributed by atoms with Gasteiger partial charge in [0, 0.05) is 11.8 Å². The van der Waals surface area contributed by atoms with Gasteiger partial charge in [0.25, 0.3) is 5.69 Å². The summed E-state index contributed by atoms with van der Waals surface area (Å²) in [6, 6.07) is 4.47. The molecule has 0 fully saturated rings. The van der Waals surface area contributed by atoms with Crippen LogP contribution < -0.4 is 10.6 Å². The lowest BCUT2D eigenvalue weighted by atomic mass is 9.94. The van der Waals surface area contributed by atoms with E-state index in [1.807, 2.05) is 0 Å². The highest BCUT2D eigenvalue weighted by Gasteiger charge is 2.35. The highest BCUT2D eigenvalue weighted by molar-refractivity contribution is 5.95. The Morgan fingerprint density at radius 1 is 1.35 bits per heavy atom. The number of rotatable bonds is 4. The van der Waals surface area contributed by atoms with E-state index in [1.165, 1.54) is 18.2 Å². The molecule has 23 heavy (non-hydrogen) atoms. The number of carbonyl (C=O) groups is 2. The minimum atomic E-state index is -0.948. The first-order valence-corrected chi connectivity index (χ1v) is 7.03. The van der Waals surface area contributed by atoms with E-state index in [-0.39, 0.29) is 22.9 Å². The van der Waals surface area contributed by atoms with Crippen LogP contribution in [0.3, 0.4) is 0 Å². The van der Waals surface area contributed by atoms with Crippen molar-refractivity contribution in [3.8, 4) is 0 Å². The number of hydrogen-bond donors (Lipinski definition) is 2. The van der Waals surface area contributed by atoms with Gasteiger partial charge in [0.2, 0.25) is 0 Å². The quantitative estimate of drug-likeness (QED) is 0.502. The molecule has 1 atom stereocenters. The van der Waals surface area contributed by atoms with Crippen LogP contribution in [0.25, 0.3) is 0 Å². The number of hydrogen-bond acceptors (Lipinski definition) is 5. The average Bonchev–Trinajstić information content (AvgIpc) is 2.45. The fraction of sp³-hybridized carbons (Fsp3) is 0.333. The van der Waals surface area contributed by atoms with Crippen LogP contribution in [0.5, 0.6) is 0 Å². The van der Waals surface area contributed by atoms with Crippen molar-refractivity contribution in [2.45, 2.75) is 32.9 Å². The molecule has 0 aliphatic carbocycles. The lowest BCUT2D eigenvalue weighted by molar-refractivity contribution is -0.385. The topological polar surface area (TPSA) is 111 Å². The van der Waals surface area contributed by atoms with Gasteiger partial charge in [-0.15, -0.1) is 0 Å². The van der Waals surface area contributed by atoms with Gasteiger partial charge in [-0.3, -0.25) is 10.1 Å². The van der Waals surface area contributed by atoms with Crippen LogP contribution in [-0.2, 0) is 9.53 Å². The van der Waals surface area contributed by atoms with E-state index >= 15 is 0 Å². The number of allylic oxidation sites excluding steroid dienone is 1. The Bertz CT molecular complexity index is 696. The lowest BCUT2D eigenvalue weighted by Gasteiger charge is -2.28. The first-order chi connectivity index (χ1) is 10.8. The summed E-state index contributed by atoms with van der Waals surface area (Å²) in [5, 5.41) is 16.3. The summed E-state index contributed by atoms with van der Waals surface area (Å²) in [5.41, 5.74) is 0.500. The number of esters is 1. The van der Waals surface area contributed by atoms with E-state index in [0.717, 1.165) is 0 Å². The van der Waals surface area contributed by atoms with Gasteiger partial charge in [0.15, 0.2) is 0 Å². The molecule has 8 heteroatoms. The van der Waals surface area contributed by atoms with Crippen LogP contribution in [0.1, 0.15) is 32.4 Å². The second-order valence-electron chi connectivity index (χ2n) is 5.34. The number of amides is 2. The number of nitrogens with zero attached hydrogens (tertiary/aromatic N) is 1. The van der Waals surface area contributed by atoms with Crippen molar-refractivity contribution in [2.24, 2.45) is 0 Å². The second-order valence-corrected chi connectivity index (χ2v) is 5.34. The van der Waals surface area contributed by atoms with Crippen LogP contribution in [0.2, 0.25) is 0 Å². The first-order valence-electron chi connectivity index (χ1n) is 7.03. The standard InChI is InChI=1S/C15H17N3O5/c1-8(2)23-14(19)12-9(3)16-15(20)17-13(12)10-6-4-5-7-11(10)18(21)22/h4-8,13H,1-3H3,(H2,16,17,20)/t13-/m1/s1.